The van der Waals surface area contributed by atoms with Crippen LogP contribution in [0.25, 0.3) is 0 Å². The van der Waals surface area contributed by atoms with E-state index in [2.05, 4.69) is 4.74 Å². The van der Waals surface area contributed by atoms with Crippen molar-refractivity contribution in [2.75, 3.05) is 0 Å². The molecule has 2 rings (SSSR count). The van der Waals surface area contributed by atoms with Gasteiger partial charge in [-0.1, -0.05) is 31.8 Å². The monoisotopic (exact) mass is 312 g/mol. The number of rotatable bonds is 4. The Morgan fingerprint density at radius 1 is 1.05 bits per heavy atom. The van der Waals surface area contributed by atoms with E-state index in [4.69, 9.17) is 0 Å². The molecule has 0 amide bonds. The van der Waals surface area contributed by atoms with Crippen LogP contribution in [-0.2, 0) is 0 Å². The number of hydrogen-bond donors (Lipinski definition) is 0. The molecular weight excluding hydrogens is 293 g/mol. The second kappa shape index (κ2) is 7.47. The fraction of sp³-hybridized carbons (Fsp3) is 0.471. The molecule has 0 radical (unpaired) electrons. The van der Waals surface area contributed by atoms with Crippen molar-refractivity contribution in [1.82, 2.24) is 0 Å². The molecule has 0 N–H and O–H groups in total. The molecule has 0 spiro atoms. The minimum absolute atomic E-state index is 0.192. The molecule has 0 heterocycles. The second-order valence-corrected chi connectivity index (χ2v) is 5.55. The van der Waals surface area contributed by atoms with E-state index in [1.165, 1.54) is 43.9 Å². The predicted molar refractivity (Wildman–Crippen MR) is 77.8 cm³/mol. The van der Waals surface area contributed by atoms with E-state index in [9.17, 15) is 18.0 Å². The van der Waals surface area contributed by atoms with E-state index in [0.29, 0.717) is 11.5 Å². The second-order valence-electron chi connectivity index (χ2n) is 5.55. The van der Waals surface area contributed by atoms with Gasteiger partial charge in [-0.05, 0) is 49.1 Å². The quantitative estimate of drug-likeness (QED) is 0.429. The fourth-order valence-corrected chi connectivity index (χ4v) is 2.64. The van der Waals surface area contributed by atoms with Crippen LogP contribution in [0.2, 0.25) is 0 Å². The van der Waals surface area contributed by atoms with Gasteiger partial charge in [0.05, 0.1) is 0 Å². The van der Waals surface area contributed by atoms with Crippen LogP contribution < -0.4 is 4.74 Å². The molecule has 1 aromatic carbocycles. The Kier molecular flexibility index (Phi) is 5.63. The van der Waals surface area contributed by atoms with Gasteiger partial charge < -0.3 is 4.74 Å². The molecule has 1 fully saturated rings. The van der Waals surface area contributed by atoms with Gasteiger partial charge in [-0.15, -0.1) is 13.2 Å². The largest absolute Gasteiger partial charge is 0.573 e. The molecule has 22 heavy (non-hydrogen) atoms. The molecule has 1 aromatic rings. The zero-order valence-electron chi connectivity index (χ0n) is 12.2. The Bertz CT molecular complexity index is 510. The van der Waals surface area contributed by atoms with Gasteiger partial charge in [-0.3, -0.25) is 4.79 Å². The Labute approximate surface area is 128 Å². The predicted octanol–water partition coefficient (Wildman–Crippen LogP) is 5.29. The first-order chi connectivity index (χ1) is 10.4. The van der Waals surface area contributed by atoms with Crippen LogP contribution in [0, 0.1) is 5.92 Å². The lowest BCUT2D eigenvalue weighted by atomic mass is 9.98. The topological polar surface area (TPSA) is 26.3 Å². The third kappa shape index (κ3) is 5.54. The number of ketones is 1. The van der Waals surface area contributed by atoms with Gasteiger partial charge >= 0.3 is 6.36 Å². The van der Waals surface area contributed by atoms with Crippen LogP contribution in [0.5, 0.6) is 5.75 Å². The summed E-state index contributed by atoms with van der Waals surface area (Å²) in [5, 5.41) is 0. The molecule has 2 nitrogen and oxygen atoms in total. The van der Waals surface area contributed by atoms with Crippen molar-refractivity contribution in [2.24, 2.45) is 5.92 Å². The van der Waals surface area contributed by atoms with Crippen molar-refractivity contribution in [2.45, 2.75) is 44.9 Å². The number of carbonyl (C=O) groups is 1. The van der Waals surface area contributed by atoms with Crippen LogP contribution in [0.3, 0.4) is 0 Å². The summed E-state index contributed by atoms with van der Waals surface area (Å²) in [7, 11) is 0. The molecule has 1 aliphatic rings. The summed E-state index contributed by atoms with van der Waals surface area (Å²) in [5.74, 6) is -0.0844. The Hall–Kier alpha value is -1.78. The average Bonchev–Trinajstić information content (AvgIpc) is 2.72. The van der Waals surface area contributed by atoms with Crippen LogP contribution >= 0.6 is 0 Å². The summed E-state index contributed by atoms with van der Waals surface area (Å²) in [6.45, 7) is 0. The lowest BCUT2D eigenvalue weighted by molar-refractivity contribution is -0.274. The Balaban J connectivity index is 1.94. The van der Waals surface area contributed by atoms with Crippen LogP contribution in [0.4, 0.5) is 13.2 Å². The molecule has 0 bridgehead atoms. The van der Waals surface area contributed by atoms with Gasteiger partial charge in [0.1, 0.15) is 5.75 Å². The van der Waals surface area contributed by atoms with Gasteiger partial charge in [0.25, 0.3) is 0 Å². The van der Waals surface area contributed by atoms with Crippen molar-refractivity contribution in [3.05, 3.63) is 42.0 Å². The van der Waals surface area contributed by atoms with Crippen molar-refractivity contribution < 1.29 is 22.7 Å². The molecule has 1 saturated carbocycles. The van der Waals surface area contributed by atoms with Crippen LogP contribution in [0.15, 0.2) is 36.4 Å². The SMILES string of the molecule is O=C(/C=C/C1CCCCCC1)c1ccc(OC(F)(F)F)cc1. The highest BCUT2D eigenvalue weighted by molar-refractivity contribution is 6.04. The van der Waals surface area contributed by atoms with Crippen LogP contribution in [0.1, 0.15) is 48.9 Å². The normalized spacial score (nSPS) is 17.4. The third-order valence-corrected chi connectivity index (χ3v) is 3.79. The minimum Gasteiger partial charge on any atom is -0.406 e. The Morgan fingerprint density at radius 2 is 1.64 bits per heavy atom. The summed E-state index contributed by atoms with van der Waals surface area (Å²) in [4.78, 5) is 12.0. The van der Waals surface area contributed by atoms with Crippen molar-refractivity contribution in [3.8, 4) is 5.75 Å². The van der Waals surface area contributed by atoms with E-state index in [0.717, 1.165) is 25.0 Å². The maximum absolute atomic E-state index is 12.1. The maximum Gasteiger partial charge on any atom is 0.573 e. The standard InChI is InChI=1S/C17H19F3O2/c18-17(19,20)22-15-10-8-14(9-11-15)16(21)12-7-13-5-3-1-2-4-6-13/h7-13H,1-6H2/b12-7+. The smallest absolute Gasteiger partial charge is 0.406 e. The average molecular weight is 312 g/mol. The molecule has 120 valence electrons. The van der Waals surface area contributed by atoms with E-state index in [1.54, 1.807) is 0 Å². The molecule has 1 aliphatic carbocycles. The van der Waals surface area contributed by atoms with E-state index in [1.807, 2.05) is 6.08 Å². The molecule has 5 heteroatoms. The number of carbonyl (C=O) groups excluding carboxylic acids is 1. The number of hydrogen-bond acceptors (Lipinski definition) is 2. The number of ether oxygens (including phenoxy) is 1. The number of benzene rings is 1. The summed E-state index contributed by atoms with van der Waals surface area (Å²) in [6, 6.07) is 5.00. The van der Waals surface area contributed by atoms with Crippen molar-refractivity contribution in [3.63, 3.8) is 0 Å². The van der Waals surface area contributed by atoms with Gasteiger partial charge in [-0.2, -0.15) is 0 Å². The minimum atomic E-state index is -4.72. The fourth-order valence-electron chi connectivity index (χ4n) is 2.64. The third-order valence-electron chi connectivity index (χ3n) is 3.79. The first kappa shape index (κ1) is 16.6. The van der Waals surface area contributed by atoms with Crippen LogP contribution in [-0.4, -0.2) is 12.1 Å². The summed E-state index contributed by atoms with van der Waals surface area (Å²) in [6.07, 6.45) is 5.83. The van der Waals surface area contributed by atoms with Gasteiger partial charge in [-0.25, -0.2) is 0 Å². The molecule has 0 aromatic heterocycles. The van der Waals surface area contributed by atoms with Gasteiger partial charge in [0, 0.05) is 5.56 Å². The lowest BCUT2D eigenvalue weighted by Crippen LogP contribution is -2.17. The van der Waals surface area contributed by atoms with E-state index in [-0.39, 0.29) is 11.5 Å². The number of halogens is 3. The van der Waals surface area contributed by atoms with Gasteiger partial charge in [0.15, 0.2) is 5.78 Å². The van der Waals surface area contributed by atoms with E-state index >= 15 is 0 Å². The molecular formula is C17H19F3O2. The Morgan fingerprint density at radius 3 is 2.18 bits per heavy atom. The van der Waals surface area contributed by atoms with Crippen molar-refractivity contribution >= 4 is 5.78 Å². The maximum atomic E-state index is 12.1. The highest BCUT2D eigenvalue weighted by Crippen LogP contribution is 2.25. The molecule has 0 saturated heterocycles. The number of allylic oxidation sites excluding steroid dienone is 2. The molecule has 0 aliphatic heterocycles. The highest BCUT2D eigenvalue weighted by Gasteiger charge is 2.31. The zero-order chi connectivity index (χ0) is 16.0. The lowest BCUT2D eigenvalue weighted by Gasteiger charge is -2.09. The zero-order valence-corrected chi connectivity index (χ0v) is 12.2. The summed E-state index contributed by atoms with van der Waals surface area (Å²) >= 11 is 0. The highest BCUT2D eigenvalue weighted by atomic mass is 19.4. The first-order valence-electron chi connectivity index (χ1n) is 7.52. The van der Waals surface area contributed by atoms with Crippen molar-refractivity contribution in [1.29, 1.82) is 0 Å². The first-order valence-corrected chi connectivity index (χ1v) is 7.52. The van der Waals surface area contributed by atoms with E-state index < -0.39 is 6.36 Å². The number of alkyl halides is 3. The molecule has 0 unspecified atom stereocenters. The summed E-state index contributed by atoms with van der Waals surface area (Å²) in [5.41, 5.74) is 0.361. The molecule has 0 atom stereocenters. The summed E-state index contributed by atoms with van der Waals surface area (Å²) < 4.78 is 40.0. The van der Waals surface area contributed by atoms with Gasteiger partial charge in [0.2, 0.25) is 0 Å².